The Kier molecular flexibility index (Phi) is 2.40. The molecule has 0 aliphatic carbocycles. The molecule has 0 saturated heterocycles. The number of rotatable bonds is 2. The van der Waals surface area contributed by atoms with Crippen molar-refractivity contribution in [3.8, 4) is 0 Å². The lowest BCUT2D eigenvalue weighted by Gasteiger charge is -1.98. The molecule has 0 saturated carbocycles. The van der Waals surface area contributed by atoms with Crippen LogP contribution in [0.1, 0.15) is 10.4 Å². The van der Waals surface area contributed by atoms with Crippen molar-refractivity contribution in [2.24, 2.45) is 5.18 Å². The van der Waals surface area contributed by atoms with Gasteiger partial charge in [-0.15, -0.1) is 4.91 Å². The van der Waals surface area contributed by atoms with Crippen molar-refractivity contribution in [3.05, 3.63) is 33.7 Å². The highest BCUT2D eigenvalue weighted by atomic mass is 35.5. The molecule has 0 bridgehead atoms. The number of nitrogens with zero attached hydrogens (tertiary/aromatic N) is 1. The van der Waals surface area contributed by atoms with E-state index in [1.807, 2.05) is 0 Å². The van der Waals surface area contributed by atoms with Gasteiger partial charge in [-0.3, -0.25) is 0 Å². The van der Waals surface area contributed by atoms with Gasteiger partial charge in [-0.2, -0.15) is 0 Å². The Bertz CT molecular complexity index is 337. The molecule has 1 aromatic carbocycles. The maximum absolute atomic E-state index is 10.5. The van der Waals surface area contributed by atoms with Crippen LogP contribution >= 0.6 is 11.6 Å². The second kappa shape index (κ2) is 3.32. The van der Waals surface area contributed by atoms with Crippen molar-refractivity contribution in [1.29, 1.82) is 0 Å². The van der Waals surface area contributed by atoms with Crippen molar-refractivity contribution >= 4 is 23.3 Å². The first-order chi connectivity index (χ1) is 5.66. The van der Waals surface area contributed by atoms with E-state index in [4.69, 9.17) is 16.7 Å². The Labute approximate surface area is 72.8 Å². The summed E-state index contributed by atoms with van der Waals surface area (Å²) in [7, 11) is 0. The first-order valence-corrected chi connectivity index (χ1v) is 3.39. The molecular formula is C7H4ClNO3. The summed E-state index contributed by atoms with van der Waals surface area (Å²) in [5, 5.41) is 11.0. The molecule has 0 radical (unpaired) electrons. The smallest absolute Gasteiger partial charge is 0.337 e. The largest absolute Gasteiger partial charge is 0.478 e. The fourth-order valence-corrected chi connectivity index (χ4v) is 0.997. The van der Waals surface area contributed by atoms with Gasteiger partial charge in [0.1, 0.15) is 5.69 Å². The van der Waals surface area contributed by atoms with Crippen LogP contribution in [0.5, 0.6) is 0 Å². The van der Waals surface area contributed by atoms with Gasteiger partial charge in [0, 0.05) is 0 Å². The topological polar surface area (TPSA) is 66.7 Å². The van der Waals surface area contributed by atoms with E-state index in [0.717, 1.165) is 0 Å². The maximum atomic E-state index is 10.5. The van der Waals surface area contributed by atoms with Crippen molar-refractivity contribution < 1.29 is 9.90 Å². The minimum absolute atomic E-state index is 0.0587. The minimum atomic E-state index is -1.18. The molecule has 0 spiro atoms. The fraction of sp³-hybridized carbons (Fsp3) is 0. The molecule has 1 rings (SSSR count). The number of benzene rings is 1. The van der Waals surface area contributed by atoms with E-state index in [-0.39, 0.29) is 16.3 Å². The summed E-state index contributed by atoms with van der Waals surface area (Å²) in [5.41, 5.74) is -0.176. The zero-order valence-corrected chi connectivity index (χ0v) is 6.58. The third kappa shape index (κ3) is 1.43. The predicted molar refractivity (Wildman–Crippen MR) is 43.9 cm³/mol. The van der Waals surface area contributed by atoms with E-state index in [9.17, 15) is 9.70 Å². The standard InChI is InChI=1S/C7H4ClNO3/c8-6-4(7(10)11)2-1-3-5(6)9-12/h1-3H,(H,10,11). The van der Waals surface area contributed by atoms with Crippen LogP contribution in [0.3, 0.4) is 0 Å². The molecular weight excluding hydrogens is 182 g/mol. The van der Waals surface area contributed by atoms with Crippen molar-refractivity contribution in [2.75, 3.05) is 0 Å². The number of carboxylic acids is 1. The Balaban J connectivity index is 3.32. The Morgan fingerprint density at radius 2 is 2.17 bits per heavy atom. The van der Waals surface area contributed by atoms with Gasteiger partial charge in [0.2, 0.25) is 0 Å². The van der Waals surface area contributed by atoms with Crippen LogP contribution in [-0.4, -0.2) is 11.1 Å². The van der Waals surface area contributed by atoms with E-state index in [0.29, 0.717) is 0 Å². The first kappa shape index (κ1) is 8.67. The zero-order valence-electron chi connectivity index (χ0n) is 5.82. The number of carbonyl (C=O) groups is 1. The lowest BCUT2D eigenvalue weighted by molar-refractivity contribution is 0.0697. The van der Waals surface area contributed by atoms with Gasteiger partial charge in [-0.1, -0.05) is 17.7 Å². The number of halogens is 1. The van der Waals surface area contributed by atoms with Crippen LogP contribution < -0.4 is 0 Å². The molecule has 0 aromatic heterocycles. The predicted octanol–water partition coefficient (Wildman–Crippen LogP) is 2.44. The molecule has 0 unspecified atom stereocenters. The lowest BCUT2D eigenvalue weighted by atomic mass is 10.2. The Morgan fingerprint density at radius 1 is 1.50 bits per heavy atom. The first-order valence-electron chi connectivity index (χ1n) is 3.02. The average Bonchev–Trinajstić information content (AvgIpc) is 2.04. The highest BCUT2D eigenvalue weighted by Gasteiger charge is 2.11. The van der Waals surface area contributed by atoms with Crippen LogP contribution in [0.4, 0.5) is 5.69 Å². The summed E-state index contributed by atoms with van der Waals surface area (Å²) in [5.74, 6) is -1.18. The minimum Gasteiger partial charge on any atom is -0.478 e. The average molecular weight is 186 g/mol. The Morgan fingerprint density at radius 3 is 2.67 bits per heavy atom. The van der Waals surface area contributed by atoms with E-state index < -0.39 is 5.97 Å². The maximum Gasteiger partial charge on any atom is 0.337 e. The van der Waals surface area contributed by atoms with E-state index in [2.05, 4.69) is 5.18 Å². The van der Waals surface area contributed by atoms with Crippen LogP contribution in [-0.2, 0) is 0 Å². The normalized spacial score (nSPS) is 9.42. The van der Waals surface area contributed by atoms with Gasteiger partial charge in [-0.05, 0) is 17.3 Å². The summed E-state index contributed by atoms with van der Waals surface area (Å²) < 4.78 is 0. The number of aromatic carboxylic acids is 1. The Hall–Kier alpha value is -1.42. The molecule has 0 aliphatic heterocycles. The third-order valence-electron chi connectivity index (χ3n) is 1.31. The van der Waals surface area contributed by atoms with Crippen LogP contribution in [0.15, 0.2) is 23.4 Å². The highest BCUT2D eigenvalue weighted by molar-refractivity contribution is 6.35. The monoisotopic (exact) mass is 185 g/mol. The number of hydrogen-bond acceptors (Lipinski definition) is 3. The molecule has 0 amide bonds. The summed E-state index contributed by atoms with van der Waals surface area (Å²) in [6, 6.07) is 4.06. The molecule has 1 aromatic rings. The van der Waals surface area contributed by atoms with Crippen molar-refractivity contribution in [1.82, 2.24) is 0 Å². The fourth-order valence-electron chi connectivity index (χ4n) is 0.755. The van der Waals surface area contributed by atoms with E-state index in [1.54, 1.807) is 0 Å². The van der Waals surface area contributed by atoms with Crippen LogP contribution in [0, 0.1) is 4.91 Å². The second-order valence-electron chi connectivity index (χ2n) is 2.04. The van der Waals surface area contributed by atoms with Crippen molar-refractivity contribution in [2.45, 2.75) is 0 Å². The summed E-state index contributed by atoms with van der Waals surface area (Å²) in [6.07, 6.45) is 0. The second-order valence-corrected chi connectivity index (χ2v) is 2.41. The van der Waals surface area contributed by atoms with Gasteiger partial charge in [-0.25, -0.2) is 4.79 Å². The highest BCUT2D eigenvalue weighted by Crippen LogP contribution is 2.27. The number of carboxylic acid groups (broad SMARTS) is 1. The third-order valence-corrected chi connectivity index (χ3v) is 1.70. The van der Waals surface area contributed by atoms with Crippen molar-refractivity contribution in [3.63, 3.8) is 0 Å². The van der Waals surface area contributed by atoms with Crippen LogP contribution in [0.25, 0.3) is 0 Å². The molecule has 1 N–H and O–H groups in total. The molecule has 4 nitrogen and oxygen atoms in total. The summed E-state index contributed by atoms with van der Waals surface area (Å²) in [6.45, 7) is 0. The molecule has 0 atom stereocenters. The molecule has 0 fully saturated rings. The SMILES string of the molecule is O=Nc1cccc(C(=O)O)c1Cl. The molecule has 0 aliphatic rings. The summed E-state index contributed by atoms with van der Waals surface area (Å²) >= 11 is 5.53. The van der Waals surface area contributed by atoms with E-state index >= 15 is 0 Å². The van der Waals surface area contributed by atoms with Gasteiger partial charge in [0.25, 0.3) is 0 Å². The zero-order chi connectivity index (χ0) is 9.14. The number of hydrogen-bond donors (Lipinski definition) is 1. The quantitative estimate of drug-likeness (QED) is 0.720. The lowest BCUT2D eigenvalue weighted by Crippen LogP contribution is -1.96. The molecule has 5 heteroatoms. The number of nitroso groups, excluding NO2 is 1. The van der Waals surface area contributed by atoms with Gasteiger partial charge in [0.05, 0.1) is 10.6 Å². The van der Waals surface area contributed by atoms with Gasteiger partial charge in [0.15, 0.2) is 0 Å². The van der Waals surface area contributed by atoms with E-state index in [1.165, 1.54) is 18.2 Å². The van der Waals surface area contributed by atoms with Gasteiger partial charge >= 0.3 is 5.97 Å². The summed E-state index contributed by atoms with van der Waals surface area (Å²) in [4.78, 5) is 20.5. The molecule has 12 heavy (non-hydrogen) atoms. The molecule has 62 valence electrons. The van der Waals surface area contributed by atoms with Gasteiger partial charge < -0.3 is 5.11 Å². The molecule has 0 heterocycles. The van der Waals surface area contributed by atoms with Crippen LogP contribution in [0.2, 0.25) is 5.02 Å².